The molecule has 4 N–H and O–H groups in total. The number of hydrogen-bond acceptors (Lipinski definition) is 21. The first-order valence-corrected chi connectivity index (χ1v) is 21.0. The van der Waals surface area contributed by atoms with Crippen molar-refractivity contribution in [3.05, 3.63) is 91.0 Å². The van der Waals surface area contributed by atoms with Gasteiger partial charge in [-0.15, -0.1) is 10.2 Å². The zero-order chi connectivity index (χ0) is 43.6. The molecule has 0 bridgehead atoms. The number of nitrogens with zero attached hydrogens (tertiary/aromatic N) is 5. The maximum atomic E-state index is 13.1. The van der Waals surface area contributed by atoms with Crippen LogP contribution in [0, 0.1) is 0 Å². The summed E-state index contributed by atoms with van der Waals surface area (Å²) in [5, 5.41) is 56.4. The van der Waals surface area contributed by atoms with E-state index in [0.717, 1.165) is 48.5 Å². The smallest absolute Gasteiger partial charge is 0.744 e. The number of hydrogen-bond donors (Lipinski definition) is 4. The van der Waals surface area contributed by atoms with Crippen molar-refractivity contribution in [1.29, 1.82) is 0 Å². The molecule has 0 atom stereocenters. The van der Waals surface area contributed by atoms with Gasteiger partial charge in [-0.2, -0.15) is 14.6 Å². The minimum atomic E-state index is -5.26. The van der Waals surface area contributed by atoms with Crippen molar-refractivity contribution in [2.45, 2.75) is 19.6 Å². The van der Waals surface area contributed by atoms with Crippen molar-refractivity contribution in [1.82, 2.24) is 0 Å². The SMILES string of the molecule is C=Nc1c(S(=O)(=O)[O-])cc2cc(NC(=O)Nc3ccc4c(O)cc(SOO[O-])c(N=Nc5ccc(N=Nc6ccc(S(=O)(=O)[O-])cc6)cc5S(=O)(=O)[O-])c4c3)ccc2c1O.[Na+].[Na+].[Na+].[Na+]. The molecule has 310 valence electrons. The largest absolute Gasteiger partial charge is 1.00 e. The summed E-state index contributed by atoms with van der Waals surface area (Å²) < 4.78 is 110. The molecule has 6 aromatic carbocycles. The minimum absolute atomic E-state index is 0. The van der Waals surface area contributed by atoms with Crippen LogP contribution in [0.1, 0.15) is 0 Å². The molecule has 30 heteroatoms. The normalized spacial score (nSPS) is 11.6. The number of fused-ring (bicyclic) bond motifs is 2. The Bertz CT molecular complexity index is 3150. The summed E-state index contributed by atoms with van der Waals surface area (Å²) in [5.41, 5.74) is -1.18. The number of benzene rings is 6. The number of urea groups is 1. The summed E-state index contributed by atoms with van der Waals surface area (Å²) >= 11 is 0.267. The van der Waals surface area contributed by atoms with Gasteiger partial charge in [0.1, 0.15) is 58.9 Å². The van der Waals surface area contributed by atoms with Crippen LogP contribution in [0.5, 0.6) is 11.5 Å². The van der Waals surface area contributed by atoms with E-state index in [2.05, 4.69) is 52.2 Å². The predicted octanol–water partition coefficient (Wildman–Crippen LogP) is -5.83. The average molecular weight is 988 g/mol. The fraction of sp³-hybridized carbons (Fsp3) is 0. The number of azo groups is 2. The van der Waals surface area contributed by atoms with Crippen molar-refractivity contribution in [2.24, 2.45) is 25.4 Å². The maximum absolute atomic E-state index is 13.1. The van der Waals surface area contributed by atoms with Crippen molar-refractivity contribution in [3.63, 3.8) is 0 Å². The molecular weight excluding hydrogens is 967 g/mol. The van der Waals surface area contributed by atoms with Crippen molar-refractivity contribution in [3.8, 4) is 11.5 Å². The van der Waals surface area contributed by atoms with Gasteiger partial charge in [0, 0.05) is 27.5 Å². The Labute approximate surface area is 455 Å². The molecule has 0 aliphatic rings. The summed E-state index contributed by atoms with van der Waals surface area (Å²) in [6.45, 7) is 3.19. The number of phenolic OH excluding ortho intramolecular Hbond substituents is 2. The molecule has 0 saturated heterocycles. The predicted molar refractivity (Wildman–Crippen MR) is 206 cm³/mol. The second-order valence-electron chi connectivity index (χ2n) is 11.9. The van der Waals surface area contributed by atoms with E-state index in [-0.39, 0.29) is 191 Å². The van der Waals surface area contributed by atoms with E-state index in [9.17, 15) is 59.2 Å². The number of aromatic hydroxyl groups is 2. The molecule has 0 unspecified atom stereocenters. The average Bonchev–Trinajstić information content (AvgIpc) is 3.18. The molecule has 2 amide bonds. The Morgan fingerprint density at radius 2 is 1.20 bits per heavy atom. The van der Waals surface area contributed by atoms with Gasteiger partial charge in [-0.3, -0.25) is 10.0 Å². The van der Waals surface area contributed by atoms with Crippen LogP contribution in [0.2, 0.25) is 0 Å². The Kier molecular flexibility index (Phi) is 21.6. The molecule has 0 fully saturated rings. The molecule has 0 saturated carbocycles. The van der Waals surface area contributed by atoms with E-state index in [1.807, 2.05) is 0 Å². The molecule has 64 heavy (non-hydrogen) atoms. The van der Waals surface area contributed by atoms with Crippen molar-refractivity contribution in [2.75, 3.05) is 10.6 Å². The molecule has 6 aromatic rings. The number of nitrogens with one attached hydrogen (secondary N) is 2. The van der Waals surface area contributed by atoms with Crippen LogP contribution in [0.25, 0.3) is 21.5 Å². The third kappa shape index (κ3) is 14.0. The second-order valence-corrected chi connectivity index (χ2v) is 16.7. The van der Waals surface area contributed by atoms with Crippen molar-refractivity contribution >= 4 is 117 Å². The van der Waals surface area contributed by atoms with Gasteiger partial charge >= 0.3 is 124 Å². The summed E-state index contributed by atoms with van der Waals surface area (Å²) in [5.74, 6) is -1.01. The topological polar surface area (TPSA) is 357 Å². The van der Waals surface area contributed by atoms with Crippen molar-refractivity contribution < 1.29 is 187 Å². The molecule has 0 radical (unpaired) electrons. The van der Waals surface area contributed by atoms with Crippen LogP contribution < -0.4 is 134 Å². The monoisotopic (exact) mass is 987 g/mol. The molecular formula is C34H21N7Na4O15S4. The van der Waals surface area contributed by atoms with E-state index < -0.39 is 68.2 Å². The van der Waals surface area contributed by atoms with Gasteiger partial charge in [-0.05, 0) is 103 Å². The summed E-state index contributed by atoms with van der Waals surface area (Å²) in [4.78, 5) is 14.2. The number of rotatable bonds is 13. The summed E-state index contributed by atoms with van der Waals surface area (Å²) in [6.07, 6.45) is 0. The van der Waals surface area contributed by atoms with Crippen LogP contribution in [-0.4, -0.2) is 61.9 Å². The fourth-order valence-electron chi connectivity index (χ4n) is 5.47. The van der Waals surface area contributed by atoms with Gasteiger partial charge in [0.15, 0.2) is 0 Å². The quantitative estimate of drug-likeness (QED) is 0.0159. The zero-order valence-corrected chi connectivity index (χ0v) is 44.7. The van der Waals surface area contributed by atoms with E-state index in [0.29, 0.717) is 0 Å². The number of aliphatic imine (C=N–C) groups is 1. The molecule has 22 nitrogen and oxygen atoms in total. The molecule has 0 aromatic heterocycles. The second kappa shape index (κ2) is 24.0. The van der Waals surface area contributed by atoms with Crippen LogP contribution in [0.15, 0.2) is 136 Å². The third-order valence-corrected chi connectivity index (χ3v) is 11.3. The van der Waals surface area contributed by atoms with E-state index in [1.54, 1.807) is 0 Å². The van der Waals surface area contributed by atoms with Gasteiger partial charge in [-0.1, -0.05) is 0 Å². The number of amides is 2. The maximum Gasteiger partial charge on any atom is 1.00 e. The first-order valence-electron chi connectivity index (χ1n) is 16.0. The third-order valence-electron chi connectivity index (χ3n) is 8.07. The number of carbonyl (C=O) groups is 1. The number of phenols is 2. The standard InChI is InChI=1S/C34H25N7O15S4.4Na/c1-35-32-30(60(52,53)54)13-17-12-19(4-9-23(17)33(32)43)36-34(44)37-20-5-10-24-25(14-20)31(28(16-27(24)42)57-56-55-45)41-40-26-11-6-21(15-29(26)59(49,50)51)39-38-18-2-7-22(8-3-18)58(46,47)48;;;;/h2-16,42-43,45H,1H2,(H2,36,37,44)(H,46,47,48)(H,49,50,51)(H,52,53,54);;;;/q;4*+1/p-4. The van der Waals surface area contributed by atoms with Crippen LogP contribution in [0.3, 0.4) is 0 Å². The molecule has 0 heterocycles. The van der Waals surface area contributed by atoms with Gasteiger partial charge in [0.25, 0.3) is 0 Å². The molecule has 0 spiro atoms. The van der Waals surface area contributed by atoms with Crippen LogP contribution in [0.4, 0.5) is 44.6 Å². The first kappa shape index (κ1) is 57.7. The van der Waals surface area contributed by atoms with Crippen LogP contribution in [-0.2, 0) is 39.7 Å². The molecule has 0 aliphatic heterocycles. The van der Waals surface area contributed by atoms with E-state index >= 15 is 0 Å². The molecule has 0 aliphatic carbocycles. The van der Waals surface area contributed by atoms with Gasteiger partial charge < -0.3 is 39.8 Å². The Hall–Kier alpha value is -2.46. The first-order chi connectivity index (χ1) is 28.3. The zero-order valence-electron chi connectivity index (χ0n) is 33.4. The molecule has 6 rings (SSSR count). The summed E-state index contributed by atoms with van der Waals surface area (Å²) in [6, 6.07) is 16.6. The minimum Gasteiger partial charge on any atom is -0.744 e. The number of anilines is 2. The van der Waals surface area contributed by atoms with E-state index in [1.165, 1.54) is 42.5 Å². The fourth-order valence-corrected chi connectivity index (χ4v) is 7.73. The van der Waals surface area contributed by atoms with E-state index in [4.69, 9.17) is 0 Å². The van der Waals surface area contributed by atoms with Gasteiger partial charge in [0.05, 0.1) is 43.0 Å². The van der Waals surface area contributed by atoms with Gasteiger partial charge in [0.2, 0.25) is 0 Å². The van der Waals surface area contributed by atoms with Crippen LogP contribution >= 0.6 is 12.0 Å². The Balaban J connectivity index is 0.00000352. The van der Waals surface area contributed by atoms with Gasteiger partial charge in [-0.25, -0.2) is 30.0 Å². The summed E-state index contributed by atoms with van der Waals surface area (Å²) in [7, 11) is -15.1. The Morgan fingerprint density at radius 3 is 1.78 bits per heavy atom. The Morgan fingerprint density at radius 1 is 0.625 bits per heavy atom. The number of carbonyl (C=O) groups excluding carboxylic acids is 1.